The van der Waals surface area contributed by atoms with Crippen molar-refractivity contribution < 1.29 is 27.1 Å². The molecule has 1 rings (SSSR count). The van der Waals surface area contributed by atoms with Crippen LogP contribution in [0.4, 0.5) is 22.4 Å². The molecule has 0 unspecified atom stereocenters. The van der Waals surface area contributed by atoms with Crippen LogP contribution in [-0.4, -0.2) is 30.8 Å². The van der Waals surface area contributed by atoms with Gasteiger partial charge in [-0.15, -0.1) is 0 Å². The molecule has 18 heavy (non-hydrogen) atoms. The quantitative estimate of drug-likeness (QED) is 0.786. The van der Waals surface area contributed by atoms with Crippen LogP contribution in [0.5, 0.6) is 0 Å². The van der Waals surface area contributed by atoms with E-state index in [9.17, 15) is 22.4 Å². The lowest BCUT2D eigenvalue weighted by atomic mass is 10.2. The molecule has 0 heterocycles. The lowest BCUT2D eigenvalue weighted by Crippen LogP contribution is -2.30. The van der Waals surface area contributed by atoms with E-state index in [1.165, 1.54) is 25.2 Å². The van der Waals surface area contributed by atoms with Crippen molar-refractivity contribution in [1.82, 2.24) is 4.90 Å². The van der Waals surface area contributed by atoms with Gasteiger partial charge < -0.3 is 9.64 Å². The Bertz CT molecular complexity index is 420. The van der Waals surface area contributed by atoms with E-state index in [4.69, 9.17) is 0 Å². The third kappa shape index (κ3) is 4.60. The Morgan fingerprint density at radius 2 is 1.94 bits per heavy atom. The Labute approximate surface area is 101 Å². The molecule has 0 fully saturated rings. The van der Waals surface area contributed by atoms with E-state index in [-0.39, 0.29) is 12.1 Å². The van der Waals surface area contributed by atoms with Crippen LogP contribution in [0.15, 0.2) is 24.3 Å². The van der Waals surface area contributed by atoms with Crippen LogP contribution in [0.2, 0.25) is 0 Å². The van der Waals surface area contributed by atoms with E-state index in [1.54, 1.807) is 6.07 Å². The fourth-order valence-corrected chi connectivity index (χ4v) is 1.20. The van der Waals surface area contributed by atoms with Crippen molar-refractivity contribution in [2.45, 2.75) is 12.7 Å². The maximum Gasteiger partial charge on any atom is 0.422 e. The molecular weight excluding hydrogens is 254 g/mol. The predicted octanol–water partition coefficient (Wildman–Crippen LogP) is 2.96. The van der Waals surface area contributed by atoms with Gasteiger partial charge >= 0.3 is 12.3 Å². The molecule has 1 aromatic rings. The number of amides is 1. The monoisotopic (exact) mass is 265 g/mol. The summed E-state index contributed by atoms with van der Waals surface area (Å²) in [5.41, 5.74) is 0.198. The van der Waals surface area contributed by atoms with Crippen molar-refractivity contribution in [2.24, 2.45) is 0 Å². The smallest absolute Gasteiger partial charge is 0.422 e. The van der Waals surface area contributed by atoms with Crippen molar-refractivity contribution in [2.75, 3.05) is 13.7 Å². The van der Waals surface area contributed by atoms with Gasteiger partial charge in [0.25, 0.3) is 0 Å². The minimum Gasteiger partial charge on any atom is -0.440 e. The maximum absolute atomic E-state index is 13.2. The predicted molar refractivity (Wildman–Crippen MR) is 55.3 cm³/mol. The molecule has 0 saturated heterocycles. The fraction of sp³-hybridized carbons (Fsp3) is 0.364. The molecule has 0 radical (unpaired) electrons. The summed E-state index contributed by atoms with van der Waals surface area (Å²) in [4.78, 5) is 12.1. The Kier molecular flexibility index (Phi) is 4.52. The number of carbonyl (C=O) groups is 1. The molecule has 0 aliphatic heterocycles. The first-order chi connectivity index (χ1) is 8.29. The second kappa shape index (κ2) is 5.70. The Hall–Kier alpha value is -1.79. The zero-order valence-corrected chi connectivity index (χ0v) is 9.50. The Morgan fingerprint density at radius 1 is 1.33 bits per heavy atom. The largest absolute Gasteiger partial charge is 0.440 e. The molecule has 0 aliphatic rings. The summed E-state index contributed by atoms with van der Waals surface area (Å²) < 4.78 is 52.7. The molecule has 0 saturated carbocycles. The Balaban J connectivity index is 2.53. The summed E-state index contributed by atoms with van der Waals surface area (Å²) in [6, 6.07) is 5.67. The third-order valence-corrected chi connectivity index (χ3v) is 2.04. The summed E-state index contributed by atoms with van der Waals surface area (Å²) in [6.45, 7) is -1.82. The highest BCUT2D eigenvalue weighted by atomic mass is 19.4. The molecule has 0 atom stereocenters. The molecule has 0 aliphatic carbocycles. The molecule has 7 heteroatoms. The van der Waals surface area contributed by atoms with Gasteiger partial charge in [0.05, 0.1) is 6.54 Å². The number of halogens is 4. The number of hydrogen-bond donors (Lipinski definition) is 0. The average Bonchev–Trinajstić information content (AvgIpc) is 2.28. The van der Waals surface area contributed by atoms with Crippen molar-refractivity contribution in [3.8, 4) is 0 Å². The first kappa shape index (κ1) is 14.3. The van der Waals surface area contributed by atoms with E-state index in [0.29, 0.717) is 0 Å². The summed E-state index contributed by atoms with van der Waals surface area (Å²) in [5.74, 6) is -0.534. The zero-order chi connectivity index (χ0) is 13.8. The normalized spacial score (nSPS) is 11.2. The second-order valence-corrected chi connectivity index (χ2v) is 3.62. The number of nitrogens with zero attached hydrogens (tertiary/aromatic N) is 1. The van der Waals surface area contributed by atoms with E-state index < -0.39 is 24.7 Å². The number of benzene rings is 1. The van der Waals surface area contributed by atoms with Crippen LogP contribution in [-0.2, 0) is 11.3 Å². The molecular formula is C11H11F4NO2. The average molecular weight is 265 g/mol. The number of ether oxygens (including phenoxy) is 1. The minimum absolute atomic E-state index is 0.163. The van der Waals surface area contributed by atoms with E-state index in [1.807, 2.05) is 0 Å². The van der Waals surface area contributed by atoms with E-state index in [0.717, 1.165) is 4.90 Å². The fourth-order valence-electron chi connectivity index (χ4n) is 1.20. The van der Waals surface area contributed by atoms with Crippen LogP contribution < -0.4 is 0 Å². The lowest BCUT2D eigenvalue weighted by Gasteiger charge is -2.17. The van der Waals surface area contributed by atoms with Crippen LogP contribution in [0.3, 0.4) is 0 Å². The standard InChI is InChI=1S/C11H11F4NO2/c1-16(10(17)18-7-11(13,14)15)6-8-4-2-3-5-9(8)12/h2-5H,6-7H2,1H3. The van der Waals surface area contributed by atoms with Gasteiger partial charge in [0, 0.05) is 12.6 Å². The summed E-state index contributed by atoms with van der Waals surface area (Å²) in [7, 11) is 1.23. The van der Waals surface area contributed by atoms with Gasteiger partial charge in [0.2, 0.25) is 0 Å². The highest BCUT2D eigenvalue weighted by Gasteiger charge is 2.30. The Morgan fingerprint density at radius 3 is 2.50 bits per heavy atom. The van der Waals surface area contributed by atoms with Gasteiger partial charge in [-0.3, -0.25) is 0 Å². The van der Waals surface area contributed by atoms with Crippen molar-refractivity contribution in [1.29, 1.82) is 0 Å². The van der Waals surface area contributed by atoms with E-state index >= 15 is 0 Å². The highest BCUT2D eigenvalue weighted by Crippen LogP contribution is 2.15. The van der Waals surface area contributed by atoms with Crippen LogP contribution in [0.1, 0.15) is 5.56 Å². The highest BCUT2D eigenvalue weighted by molar-refractivity contribution is 5.67. The summed E-state index contributed by atoms with van der Waals surface area (Å²) in [5, 5.41) is 0. The van der Waals surface area contributed by atoms with Gasteiger partial charge in [-0.1, -0.05) is 18.2 Å². The summed E-state index contributed by atoms with van der Waals surface area (Å²) >= 11 is 0. The van der Waals surface area contributed by atoms with E-state index in [2.05, 4.69) is 4.74 Å². The lowest BCUT2D eigenvalue weighted by molar-refractivity contribution is -0.162. The van der Waals surface area contributed by atoms with Crippen LogP contribution in [0.25, 0.3) is 0 Å². The summed E-state index contributed by atoms with van der Waals surface area (Å²) in [6.07, 6.45) is -5.73. The molecule has 0 bridgehead atoms. The van der Waals surface area contributed by atoms with Gasteiger partial charge in [-0.2, -0.15) is 13.2 Å². The first-order valence-corrected chi connectivity index (χ1v) is 4.97. The van der Waals surface area contributed by atoms with Gasteiger partial charge in [0.1, 0.15) is 5.82 Å². The van der Waals surface area contributed by atoms with Gasteiger partial charge in [-0.05, 0) is 6.07 Å². The van der Waals surface area contributed by atoms with Crippen molar-refractivity contribution in [3.05, 3.63) is 35.6 Å². The number of carbonyl (C=O) groups excluding carboxylic acids is 1. The van der Waals surface area contributed by atoms with Crippen molar-refractivity contribution >= 4 is 6.09 Å². The SMILES string of the molecule is CN(Cc1ccccc1F)C(=O)OCC(F)(F)F. The first-order valence-electron chi connectivity index (χ1n) is 4.97. The number of alkyl halides is 3. The topological polar surface area (TPSA) is 29.5 Å². The molecule has 1 amide bonds. The number of rotatable bonds is 3. The van der Waals surface area contributed by atoms with Gasteiger partial charge in [-0.25, -0.2) is 9.18 Å². The minimum atomic E-state index is -4.57. The second-order valence-electron chi connectivity index (χ2n) is 3.62. The van der Waals surface area contributed by atoms with Crippen LogP contribution in [0, 0.1) is 5.82 Å². The van der Waals surface area contributed by atoms with Gasteiger partial charge in [0.15, 0.2) is 6.61 Å². The molecule has 1 aromatic carbocycles. The third-order valence-electron chi connectivity index (χ3n) is 2.04. The number of hydrogen-bond acceptors (Lipinski definition) is 2. The zero-order valence-electron chi connectivity index (χ0n) is 9.50. The molecule has 0 aromatic heterocycles. The molecule has 100 valence electrons. The van der Waals surface area contributed by atoms with Crippen molar-refractivity contribution in [3.63, 3.8) is 0 Å². The maximum atomic E-state index is 13.2. The van der Waals surface area contributed by atoms with Crippen LogP contribution >= 0.6 is 0 Å². The molecule has 0 N–H and O–H groups in total. The molecule has 3 nitrogen and oxygen atoms in total. The molecule has 0 spiro atoms.